The summed E-state index contributed by atoms with van der Waals surface area (Å²) >= 11 is 0. The number of nitrogens with one attached hydrogen (secondary N) is 1. The van der Waals surface area contributed by atoms with E-state index in [2.05, 4.69) is 5.32 Å². The fourth-order valence-corrected chi connectivity index (χ4v) is 2.17. The fraction of sp³-hybridized carbons (Fsp3) is 0.278. The number of hydrogen-bond donors (Lipinski definition) is 2. The van der Waals surface area contributed by atoms with Gasteiger partial charge in [0, 0.05) is 11.8 Å². The van der Waals surface area contributed by atoms with Gasteiger partial charge in [-0.05, 0) is 24.1 Å². The van der Waals surface area contributed by atoms with Crippen molar-refractivity contribution in [3.63, 3.8) is 0 Å². The van der Waals surface area contributed by atoms with Crippen LogP contribution in [0.1, 0.15) is 23.7 Å². The molecule has 128 valence electrons. The highest BCUT2D eigenvalue weighted by atomic mass is 19.3. The monoisotopic (exact) mass is 335 g/mol. The molecule has 0 aliphatic carbocycles. The summed E-state index contributed by atoms with van der Waals surface area (Å²) in [5.74, 6) is -0.0910. The maximum Gasteiger partial charge on any atom is 0.272 e. The van der Waals surface area contributed by atoms with Crippen molar-refractivity contribution >= 4 is 11.6 Å². The minimum atomic E-state index is -2.57. The highest BCUT2D eigenvalue weighted by Gasteiger charge is 2.14. The summed E-state index contributed by atoms with van der Waals surface area (Å²) in [5.41, 5.74) is 1.77. The average molecular weight is 335 g/mol. The van der Waals surface area contributed by atoms with Crippen LogP contribution in [0, 0.1) is 6.92 Å². The van der Waals surface area contributed by atoms with Crippen LogP contribution in [0.15, 0.2) is 48.5 Å². The zero-order valence-corrected chi connectivity index (χ0v) is 13.2. The zero-order valence-electron chi connectivity index (χ0n) is 13.2. The van der Waals surface area contributed by atoms with Gasteiger partial charge in [0.1, 0.15) is 12.4 Å². The largest absolute Gasteiger partial charge is 0.487 e. The molecule has 2 N–H and O–H groups in total. The van der Waals surface area contributed by atoms with E-state index in [1.807, 2.05) is 6.07 Å². The number of anilines is 1. The maximum absolute atomic E-state index is 12.2. The molecule has 0 spiro atoms. The van der Waals surface area contributed by atoms with Gasteiger partial charge < -0.3 is 15.2 Å². The topological polar surface area (TPSA) is 58.6 Å². The van der Waals surface area contributed by atoms with Gasteiger partial charge in [-0.15, -0.1) is 0 Å². The molecule has 0 aliphatic heterocycles. The van der Waals surface area contributed by atoms with Crippen molar-refractivity contribution in [2.45, 2.75) is 25.9 Å². The second-order valence-corrected chi connectivity index (χ2v) is 5.36. The zero-order chi connectivity index (χ0) is 17.5. The van der Waals surface area contributed by atoms with Crippen molar-refractivity contribution in [3.8, 4) is 5.75 Å². The number of alkyl halides is 2. The number of carbonyl (C=O) groups is 1. The van der Waals surface area contributed by atoms with Crippen molar-refractivity contribution < 1.29 is 23.4 Å². The molecule has 24 heavy (non-hydrogen) atoms. The molecule has 0 fully saturated rings. The Bertz CT molecular complexity index is 677. The van der Waals surface area contributed by atoms with E-state index in [0.717, 1.165) is 0 Å². The van der Waals surface area contributed by atoms with E-state index < -0.39 is 19.1 Å². The quantitative estimate of drug-likeness (QED) is 0.811. The number of aryl methyl sites for hydroxylation is 1. The van der Waals surface area contributed by atoms with Gasteiger partial charge in [-0.2, -0.15) is 0 Å². The summed E-state index contributed by atoms with van der Waals surface area (Å²) in [7, 11) is 0. The number of benzene rings is 2. The molecular weight excluding hydrogens is 316 g/mol. The van der Waals surface area contributed by atoms with Crippen LogP contribution < -0.4 is 10.1 Å². The first-order valence-corrected chi connectivity index (χ1v) is 7.50. The maximum atomic E-state index is 12.2. The molecule has 0 heterocycles. The van der Waals surface area contributed by atoms with Gasteiger partial charge in [0.05, 0.1) is 12.5 Å². The number of halogens is 2. The van der Waals surface area contributed by atoms with Gasteiger partial charge in [-0.1, -0.05) is 36.4 Å². The first-order valence-electron chi connectivity index (χ1n) is 7.50. The third kappa shape index (κ3) is 5.31. The van der Waals surface area contributed by atoms with Crippen molar-refractivity contribution in [2.75, 3.05) is 11.9 Å². The van der Waals surface area contributed by atoms with Gasteiger partial charge in [0.25, 0.3) is 6.43 Å². The molecular formula is C18H19F2NO3. The third-order valence-electron chi connectivity index (χ3n) is 3.40. The van der Waals surface area contributed by atoms with Crippen LogP contribution in [0.2, 0.25) is 0 Å². The van der Waals surface area contributed by atoms with Gasteiger partial charge in [-0.3, -0.25) is 4.79 Å². The molecule has 1 unspecified atom stereocenters. The predicted molar refractivity (Wildman–Crippen MR) is 87.3 cm³/mol. The van der Waals surface area contributed by atoms with E-state index in [0.29, 0.717) is 16.8 Å². The fourth-order valence-electron chi connectivity index (χ4n) is 2.17. The molecule has 4 nitrogen and oxygen atoms in total. The number of amides is 1. The van der Waals surface area contributed by atoms with E-state index in [4.69, 9.17) is 4.74 Å². The molecule has 0 bridgehead atoms. The lowest BCUT2D eigenvalue weighted by atomic mass is 10.1. The molecule has 0 saturated heterocycles. The van der Waals surface area contributed by atoms with Crippen LogP contribution in [0.25, 0.3) is 0 Å². The third-order valence-corrected chi connectivity index (χ3v) is 3.40. The number of hydrogen-bond acceptors (Lipinski definition) is 3. The minimum Gasteiger partial charge on any atom is -0.487 e. The van der Waals surface area contributed by atoms with Gasteiger partial charge in [0.15, 0.2) is 0 Å². The average Bonchev–Trinajstić information content (AvgIpc) is 2.56. The van der Waals surface area contributed by atoms with Crippen molar-refractivity contribution in [3.05, 3.63) is 59.7 Å². The van der Waals surface area contributed by atoms with E-state index in [9.17, 15) is 18.7 Å². The Kier molecular flexibility index (Phi) is 6.26. The Morgan fingerprint density at radius 1 is 1.21 bits per heavy atom. The van der Waals surface area contributed by atoms with Gasteiger partial charge in [-0.25, -0.2) is 8.78 Å². The van der Waals surface area contributed by atoms with Crippen LogP contribution in [0.4, 0.5) is 14.5 Å². The summed E-state index contributed by atoms with van der Waals surface area (Å²) in [6, 6.07) is 13.7. The molecule has 6 heteroatoms. The summed E-state index contributed by atoms with van der Waals surface area (Å²) in [6.45, 7) is 1.02. The van der Waals surface area contributed by atoms with Gasteiger partial charge >= 0.3 is 0 Å². The second kappa shape index (κ2) is 8.40. The molecule has 0 radical (unpaired) electrons. The normalized spacial score (nSPS) is 12.0. The number of carbonyl (C=O) groups excluding carboxylic acids is 1. The second-order valence-electron chi connectivity index (χ2n) is 5.36. The lowest BCUT2D eigenvalue weighted by Gasteiger charge is -2.13. The molecule has 0 saturated carbocycles. The molecule has 0 aromatic heterocycles. The lowest BCUT2D eigenvalue weighted by Crippen LogP contribution is -2.16. The number of rotatable bonds is 7. The van der Waals surface area contributed by atoms with Crippen LogP contribution in [-0.2, 0) is 4.79 Å². The highest BCUT2D eigenvalue weighted by Crippen LogP contribution is 2.24. The van der Waals surface area contributed by atoms with E-state index >= 15 is 0 Å². The van der Waals surface area contributed by atoms with Crippen LogP contribution in [0.5, 0.6) is 5.75 Å². The Balaban J connectivity index is 1.97. The first-order chi connectivity index (χ1) is 11.5. The SMILES string of the molecule is Cc1ccc(NC(=O)CC(O)c2ccccc2)cc1OCC(F)F. The van der Waals surface area contributed by atoms with Crippen molar-refractivity contribution in [2.24, 2.45) is 0 Å². The van der Waals surface area contributed by atoms with Crippen LogP contribution in [0.3, 0.4) is 0 Å². The molecule has 2 aromatic carbocycles. The number of ether oxygens (including phenoxy) is 1. The van der Waals surface area contributed by atoms with Crippen LogP contribution >= 0.6 is 0 Å². The summed E-state index contributed by atoms with van der Waals surface area (Å²) in [5, 5.41) is 12.7. The van der Waals surface area contributed by atoms with E-state index in [1.54, 1.807) is 43.3 Å². The highest BCUT2D eigenvalue weighted by molar-refractivity contribution is 5.91. The Labute approximate surface area is 139 Å². The molecule has 0 aliphatic rings. The molecule has 2 rings (SSSR count). The Morgan fingerprint density at radius 2 is 1.92 bits per heavy atom. The number of aliphatic hydroxyl groups is 1. The summed E-state index contributed by atoms with van der Waals surface area (Å²) in [6.07, 6.45) is -3.58. The number of aliphatic hydroxyl groups excluding tert-OH is 1. The van der Waals surface area contributed by atoms with E-state index in [-0.39, 0.29) is 18.1 Å². The van der Waals surface area contributed by atoms with Crippen molar-refractivity contribution in [1.29, 1.82) is 0 Å². The standard InChI is InChI=1S/C18H19F2NO3/c1-12-7-8-14(9-16(12)24-11-17(19)20)21-18(23)10-15(22)13-5-3-2-4-6-13/h2-9,15,17,22H,10-11H2,1H3,(H,21,23). The smallest absolute Gasteiger partial charge is 0.272 e. The summed E-state index contributed by atoms with van der Waals surface area (Å²) < 4.78 is 29.5. The molecule has 2 aromatic rings. The Morgan fingerprint density at radius 3 is 2.58 bits per heavy atom. The summed E-state index contributed by atoms with van der Waals surface area (Å²) in [4.78, 5) is 12.0. The van der Waals surface area contributed by atoms with E-state index in [1.165, 1.54) is 6.07 Å². The Hall–Kier alpha value is -2.47. The van der Waals surface area contributed by atoms with Crippen LogP contribution in [-0.4, -0.2) is 24.0 Å². The van der Waals surface area contributed by atoms with Crippen molar-refractivity contribution in [1.82, 2.24) is 0 Å². The first kappa shape index (κ1) is 17.9. The predicted octanol–water partition coefficient (Wildman–Crippen LogP) is 3.70. The lowest BCUT2D eigenvalue weighted by molar-refractivity contribution is -0.118. The molecule has 1 amide bonds. The molecule has 1 atom stereocenters. The minimum absolute atomic E-state index is 0.106. The van der Waals surface area contributed by atoms with Gasteiger partial charge in [0.2, 0.25) is 5.91 Å².